The van der Waals surface area contributed by atoms with Crippen LogP contribution in [0.4, 0.5) is 0 Å². The van der Waals surface area contributed by atoms with Crippen molar-refractivity contribution in [3.05, 3.63) is 12.2 Å². The molecule has 4 rings (SSSR count). The van der Waals surface area contributed by atoms with Gasteiger partial charge in [0.15, 0.2) is 5.79 Å². The maximum Gasteiger partial charge on any atom is 0.348 e. The number of fused-ring (bicyclic) bond motifs is 1. The summed E-state index contributed by atoms with van der Waals surface area (Å²) in [6, 6.07) is -0.412. The Hall–Kier alpha value is -1.44. The summed E-state index contributed by atoms with van der Waals surface area (Å²) in [6.45, 7) is 6.83. The maximum absolute atomic E-state index is 12.4. The van der Waals surface area contributed by atoms with Crippen molar-refractivity contribution in [1.29, 1.82) is 0 Å². The molecular weight excluding hydrogens is 278 g/mol. The van der Waals surface area contributed by atoms with E-state index < -0.39 is 35.6 Å². The fraction of sp³-hybridized carbons (Fsp3) is 0.714. The van der Waals surface area contributed by atoms with E-state index in [9.17, 15) is 9.59 Å². The van der Waals surface area contributed by atoms with Gasteiger partial charge in [0.25, 0.3) is 0 Å². The number of carbonyl (C=O) groups excluding carboxylic acids is 2. The third-order valence-electron chi connectivity index (χ3n) is 3.85. The Morgan fingerprint density at radius 2 is 2.05 bits per heavy atom. The van der Waals surface area contributed by atoms with Gasteiger partial charge in [-0.15, -0.1) is 0 Å². The average Bonchev–Trinajstić information content (AvgIpc) is 2.76. The predicted octanol–water partition coefficient (Wildman–Crippen LogP) is 0.540. The van der Waals surface area contributed by atoms with Gasteiger partial charge in [0.2, 0.25) is 11.5 Å². The van der Waals surface area contributed by atoms with Gasteiger partial charge in [0.05, 0.1) is 6.61 Å². The van der Waals surface area contributed by atoms with E-state index in [-0.39, 0.29) is 12.5 Å². The topological polar surface area (TPSA) is 74.3 Å². The van der Waals surface area contributed by atoms with Crippen LogP contribution in [-0.2, 0) is 28.6 Å². The smallest absolute Gasteiger partial charge is 0.348 e. The van der Waals surface area contributed by atoms with E-state index in [1.807, 2.05) is 0 Å². The van der Waals surface area contributed by atoms with Crippen molar-refractivity contribution in [2.45, 2.75) is 57.3 Å². The first-order valence-electron chi connectivity index (χ1n) is 7.02. The molecule has 0 aromatic rings. The minimum atomic E-state index is -1.48. The lowest BCUT2D eigenvalue weighted by molar-refractivity contribution is -0.299. The van der Waals surface area contributed by atoms with Gasteiger partial charge in [-0.25, -0.2) is 14.7 Å². The molecule has 0 aromatic carbocycles. The summed E-state index contributed by atoms with van der Waals surface area (Å²) in [5.41, 5.74) is -1.48. The molecule has 4 atom stereocenters. The van der Waals surface area contributed by atoms with E-state index in [1.165, 1.54) is 12.0 Å². The number of hydrogen-bond acceptors (Lipinski definition) is 6. The zero-order valence-corrected chi connectivity index (χ0v) is 12.5. The molecule has 0 aromatic heterocycles. The number of hydroxylamine groups is 2. The summed E-state index contributed by atoms with van der Waals surface area (Å²) < 4.78 is 16.8. The molecule has 3 heterocycles. The van der Waals surface area contributed by atoms with Gasteiger partial charge < -0.3 is 14.2 Å². The first kappa shape index (κ1) is 14.5. The monoisotopic (exact) mass is 297 g/mol. The van der Waals surface area contributed by atoms with Crippen LogP contribution in [-0.4, -0.2) is 53.2 Å². The van der Waals surface area contributed by atoms with Gasteiger partial charge in [-0.3, -0.25) is 4.79 Å². The fourth-order valence-corrected chi connectivity index (χ4v) is 3.07. The number of nitrogens with zero attached hydrogens (tertiary/aromatic N) is 1. The lowest BCUT2D eigenvalue weighted by Gasteiger charge is -2.50. The number of esters is 1. The van der Waals surface area contributed by atoms with Crippen molar-refractivity contribution in [3.8, 4) is 0 Å². The molecule has 1 aliphatic carbocycles. The molecule has 0 radical (unpaired) electrons. The minimum absolute atomic E-state index is 0.211. The molecule has 2 saturated heterocycles. The van der Waals surface area contributed by atoms with Crippen LogP contribution in [0, 0.1) is 0 Å². The highest BCUT2D eigenvalue weighted by molar-refractivity contribution is 5.85. The van der Waals surface area contributed by atoms with Crippen molar-refractivity contribution in [2.75, 3.05) is 6.61 Å². The van der Waals surface area contributed by atoms with Gasteiger partial charge in [-0.1, -0.05) is 6.08 Å². The van der Waals surface area contributed by atoms with Crippen molar-refractivity contribution < 1.29 is 28.6 Å². The summed E-state index contributed by atoms with van der Waals surface area (Å²) in [5, 5.41) is 1.17. The second kappa shape index (κ2) is 4.53. The third-order valence-corrected chi connectivity index (χ3v) is 3.85. The molecule has 7 nitrogen and oxygen atoms in total. The van der Waals surface area contributed by atoms with Crippen LogP contribution < -0.4 is 0 Å². The summed E-state index contributed by atoms with van der Waals surface area (Å²) >= 11 is 0. The standard InChI is InChI=1S/C14H19NO6/c1-5-18-12(17)14-7-6-9(15(21-14)8(2)16)10-11(14)20-13(3,4)19-10/h6-7,9-11H,5H2,1-4H3/t9-,10+,11+,14+/m1/s1. The van der Waals surface area contributed by atoms with Gasteiger partial charge in [0, 0.05) is 6.92 Å². The van der Waals surface area contributed by atoms with E-state index >= 15 is 0 Å². The zero-order chi connectivity index (χ0) is 15.4. The first-order chi connectivity index (χ1) is 9.81. The largest absolute Gasteiger partial charge is 0.463 e. The van der Waals surface area contributed by atoms with E-state index in [4.69, 9.17) is 19.0 Å². The van der Waals surface area contributed by atoms with E-state index in [1.54, 1.807) is 32.9 Å². The number of hydrogen-bond donors (Lipinski definition) is 0. The number of amides is 1. The number of carbonyl (C=O) groups is 2. The Morgan fingerprint density at radius 3 is 2.67 bits per heavy atom. The molecule has 0 N–H and O–H groups in total. The molecule has 2 bridgehead atoms. The summed E-state index contributed by atoms with van der Waals surface area (Å²) in [6.07, 6.45) is 2.25. The van der Waals surface area contributed by atoms with Crippen LogP contribution >= 0.6 is 0 Å². The molecule has 7 heteroatoms. The van der Waals surface area contributed by atoms with Gasteiger partial charge in [-0.2, -0.15) is 0 Å². The maximum atomic E-state index is 12.4. The van der Waals surface area contributed by atoms with Crippen LogP contribution in [0.2, 0.25) is 0 Å². The van der Waals surface area contributed by atoms with Crippen LogP contribution in [0.5, 0.6) is 0 Å². The summed E-state index contributed by atoms with van der Waals surface area (Å²) in [7, 11) is 0. The Balaban J connectivity index is 2.03. The highest BCUT2D eigenvalue weighted by Crippen LogP contribution is 2.47. The second-order valence-electron chi connectivity index (χ2n) is 5.82. The van der Waals surface area contributed by atoms with Crippen molar-refractivity contribution in [1.82, 2.24) is 5.06 Å². The normalized spacial score (nSPS) is 39.2. The fourth-order valence-electron chi connectivity index (χ4n) is 3.07. The SMILES string of the molecule is CCOC(=O)[C@]12C=C[C@H]([C@@H]3OC(C)(C)O[C@@H]31)N(C(C)=O)O2. The highest BCUT2D eigenvalue weighted by Gasteiger charge is 2.67. The molecule has 2 fully saturated rings. The van der Waals surface area contributed by atoms with Crippen molar-refractivity contribution >= 4 is 11.9 Å². The molecular formula is C14H19NO6. The zero-order valence-electron chi connectivity index (χ0n) is 12.5. The Morgan fingerprint density at radius 1 is 1.33 bits per heavy atom. The lowest BCUT2D eigenvalue weighted by Crippen LogP contribution is -2.70. The van der Waals surface area contributed by atoms with Gasteiger partial charge in [-0.05, 0) is 26.8 Å². The Kier molecular flexibility index (Phi) is 3.12. The molecule has 0 spiro atoms. The lowest BCUT2D eigenvalue weighted by atomic mass is 9.81. The molecule has 1 amide bonds. The number of rotatable bonds is 2. The molecule has 21 heavy (non-hydrogen) atoms. The van der Waals surface area contributed by atoms with Gasteiger partial charge in [0.1, 0.15) is 18.2 Å². The predicted molar refractivity (Wildman–Crippen MR) is 69.7 cm³/mol. The van der Waals surface area contributed by atoms with E-state index in [2.05, 4.69) is 0 Å². The van der Waals surface area contributed by atoms with Crippen molar-refractivity contribution in [2.24, 2.45) is 0 Å². The van der Waals surface area contributed by atoms with Gasteiger partial charge >= 0.3 is 5.97 Å². The van der Waals surface area contributed by atoms with Crippen LogP contribution in [0.15, 0.2) is 12.2 Å². The van der Waals surface area contributed by atoms with E-state index in [0.717, 1.165) is 0 Å². The minimum Gasteiger partial charge on any atom is -0.463 e. The summed E-state index contributed by atoms with van der Waals surface area (Å²) in [5.74, 6) is -1.74. The number of ether oxygens (including phenoxy) is 3. The highest BCUT2D eigenvalue weighted by atomic mass is 16.8. The molecule has 3 aliphatic heterocycles. The molecule has 0 saturated carbocycles. The molecule has 4 aliphatic rings. The molecule has 0 unspecified atom stereocenters. The van der Waals surface area contributed by atoms with Crippen molar-refractivity contribution in [3.63, 3.8) is 0 Å². The Bertz CT molecular complexity index is 516. The third kappa shape index (κ3) is 1.99. The van der Waals surface area contributed by atoms with Crippen LogP contribution in [0.1, 0.15) is 27.7 Å². The van der Waals surface area contributed by atoms with E-state index in [0.29, 0.717) is 0 Å². The van der Waals surface area contributed by atoms with Crippen LogP contribution in [0.3, 0.4) is 0 Å². The average molecular weight is 297 g/mol. The second-order valence-corrected chi connectivity index (χ2v) is 5.82. The molecule has 116 valence electrons. The summed E-state index contributed by atoms with van der Waals surface area (Å²) in [4.78, 5) is 29.9. The Labute approximate surface area is 122 Å². The quantitative estimate of drug-likeness (QED) is 0.547. The first-order valence-corrected chi connectivity index (χ1v) is 7.02. The van der Waals surface area contributed by atoms with Crippen LogP contribution in [0.25, 0.3) is 0 Å².